The second kappa shape index (κ2) is 6.35. The van der Waals surface area contributed by atoms with Crippen LogP contribution in [0.2, 0.25) is 5.82 Å². The zero-order valence-electron chi connectivity index (χ0n) is 16.5. The summed E-state index contributed by atoms with van der Waals surface area (Å²) in [6.07, 6.45) is 1.66. The third kappa shape index (κ3) is 3.38. The minimum atomic E-state index is -0.343. The molecule has 7 heteroatoms. The maximum atomic E-state index is 12.8. The lowest BCUT2D eigenvalue weighted by molar-refractivity contribution is -0.129. The first-order valence-corrected chi connectivity index (χ1v) is 9.70. The number of benzene rings is 1. The van der Waals surface area contributed by atoms with E-state index in [1.807, 2.05) is 23.1 Å². The lowest BCUT2D eigenvalue weighted by Crippen LogP contribution is -2.41. The van der Waals surface area contributed by atoms with Crippen molar-refractivity contribution in [2.75, 3.05) is 18.4 Å². The van der Waals surface area contributed by atoms with Gasteiger partial charge in [0.15, 0.2) is 0 Å². The first-order chi connectivity index (χ1) is 12.6. The molecule has 2 fully saturated rings. The summed E-state index contributed by atoms with van der Waals surface area (Å²) in [6, 6.07) is 5.80. The smallest absolute Gasteiger partial charge is 0.403 e. The van der Waals surface area contributed by atoms with E-state index in [-0.39, 0.29) is 36.0 Å². The van der Waals surface area contributed by atoms with Gasteiger partial charge >= 0.3 is 7.12 Å². The molecule has 1 aromatic carbocycles. The summed E-state index contributed by atoms with van der Waals surface area (Å²) >= 11 is 0. The maximum absolute atomic E-state index is 12.8. The first kappa shape index (κ1) is 18.5. The van der Waals surface area contributed by atoms with E-state index in [0.717, 1.165) is 29.8 Å². The molecular formula is C20H27BN2O4. The average Bonchev–Trinajstić information content (AvgIpc) is 3.23. The monoisotopic (exact) mass is 370 g/mol. The fourth-order valence-electron chi connectivity index (χ4n) is 3.97. The standard InChI is InChI=1S/C20H27BN2O4/c1-19(2)20(3,4)27-21(26-19)15-7-8-23(12-15)18(25)10-13-5-6-14-11-17(24)22-16(14)9-13/h5-6,9,15H,7-8,10-12H2,1-4H3,(H,22,24). The van der Waals surface area contributed by atoms with E-state index < -0.39 is 0 Å². The van der Waals surface area contributed by atoms with Crippen molar-refractivity contribution in [1.82, 2.24) is 4.90 Å². The van der Waals surface area contributed by atoms with Crippen molar-refractivity contribution in [3.8, 4) is 0 Å². The minimum absolute atomic E-state index is 0.0123. The molecule has 0 spiro atoms. The van der Waals surface area contributed by atoms with Crippen LogP contribution in [0.5, 0.6) is 0 Å². The lowest BCUT2D eigenvalue weighted by Gasteiger charge is -2.32. The van der Waals surface area contributed by atoms with Gasteiger partial charge in [0.2, 0.25) is 11.8 Å². The van der Waals surface area contributed by atoms with Gasteiger partial charge in [-0.05, 0) is 51.3 Å². The van der Waals surface area contributed by atoms with Crippen LogP contribution in [-0.4, -0.2) is 48.1 Å². The van der Waals surface area contributed by atoms with E-state index in [0.29, 0.717) is 19.4 Å². The Labute approximate surface area is 160 Å². The fourth-order valence-corrected chi connectivity index (χ4v) is 3.97. The highest BCUT2D eigenvalue weighted by molar-refractivity contribution is 6.47. The minimum Gasteiger partial charge on any atom is -0.403 e. The summed E-state index contributed by atoms with van der Waals surface area (Å²) in [7, 11) is -0.261. The number of carbonyl (C=O) groups excluding carboxylic acids is 2. The zero-order valence-corrected chi connectivity index (χ0v) is 16.5. The van der Waals surface area contributed by atoms with Crippen LogP contribution in [0.3, 0.4) is 0 Å². The number of anilines is 1. The summed E-state index contributed by atoms with van der Waals surface area (Å²) in [5.74, 6) is 0.325. The molecule has 3 aliphatic rings. The normalized spacial score (nSPS) is 25.6. The summed E-state index contributed by atoms with van der Waals surface area (Å²) in [5, 5.41) is 2.84. The van der Waals surface area contributed by atoms with Crippen molar-refractivity contribution >= 4 is 24.6 Å². The molecule has 2 amide bonds. The van der Waals surface area contributed by atoms with Crippen LogP contribution < -0.4 is 5.32 Å². The molecule has 4 rings (SSSR count). The predicted molar refractivity (Wildman–Crippen MR) is 104 cm³/mol. The van der Waals surface area contributed by atoms with Crippen molar-refractivity contribution in [3.63, 3.8) is 0 Å². The van der Waals surface area contributed by atoms with E-state index in [1.54, 1.807) is 0 Å². The van der Waals surface area contributed by atoms with Crippen LogP contribution >= 0.6 is 0 Å². The lowest BCUT2D eigenvalue weighted by atomic mass is 9.71. The summed E-state index contributed by atoms with van der Waals surface area (Å²) in [6.45, 7) is 9.61. The Morgan fingerprint density at radius 1 is 1.26 bits per heavy atom. The summed E-state index contributed by atoms with van der Waals surface area (Å²) in [4.78, 5) is 26.1. The molecule has 0 saturated carbocycles. The van der Waals surface area contributed by atoms with Crippen LogP contribution in [-0.2, 0) is 31.7 Å². The highest BCUT2D eigenvalue weighted by Crippen LogP contribution is 2.42. The molecule has 1 aromatic rings. The van der Waals surface area contributed by atoms with Gasteiger partial charge in [-0.2, -0.15) is 0 Å². The Balaban J connectivity index is 1.36. The number of amides is 2. The van der Waals surface area contributed by atoms with Gasteiger partial charge in [0.1, 0.15) is 0 Å². The molecule has 3 heterocycles. The number of nitrogens with zero attached hydrogens (tertiary/aromatic N) is 1. The van der Waals surface area contributed by atoms with Gasteiger partial charge in [0.25, 0.3) is 0 Å². The quantitative estimate of drug-likeness (QED) is 0.830. The van der Waals surface area contributed by atoms with Gasteiger partial charge in [-0.25, -0.2) is 0 Å². The van der Waals surface area contributed by atoms with Crippen LogP contribution in [0.15, 0.2) is 18.2 Å². The molecule has 144 valence electrons. The average molecular weight is 370 g/mol. The number of carbonyl (C=O) groups is 2. The highest BCUT2D eigenvalue weighted by atomic mass is 16.7. The molecular weight excluding hydrogens is 343 g/mol. The Morgan fingerprint density at radius 2 is 1.96 bits per heavy atom. The van der Waals surface area contributed by atoms with Gasteiger partial charge in [-0.3, -0.25) is 9.59 Å². The van der Waals surface area contributed by atoms with Gasteiger partial charge in [-0.15, -0.1) is 0 Å². The molecule has 27 heavy (non-hydrogen) atoms. The molecule has 2 saturated heterocycles. The molecule has 3 aliphatic heterocycles. The van der Waals surface area contributed by atoms with Crippen LogP contribution in [0, 0.1) is 0 Å². The van der Waals surface area contributed by atoms with Gasteiger partial charge in [0.05, 0.1) is 24.0 Å². The summed E-state index contributed by atoms with van der Waals surface area (Å²) in [5.41, 5.74) is 2.08. The second-order valence-electron chi connectivity index (χ2n) is 8.91. The number of fused-ring (bicyclic) bond motifs is 1. The SMILES string of the molecule is CC1(C)OB(C2CCN(C(=O)Cc3ccc4c(c3)NC(=O)C4)C2)OC1(C)C. The molecule has 0 aromatic heterocycles. The predicted octanol–water partition coefficient (Wildman–Crippen LogP) is 2.42. The molecule has 0 bridgehead atoms. The topological polar surface area (TPSA) is 67.9 Å². The van der Waals surface area contributed by atoms with Crippen molar-refractivity contribution in [3.05, 3.63) is 29.3 Å². The molecule has 1 atom stereocenters. The third-order valence-corrected chi connectivity index (χ3v) is 6.39. The van der Waals surface area contributed by atoms with Gasteiger partial charge < -0.3 is 19.5 Å². The Hall–Kier alpha value is -1.86. The molecule has 1 N–H and O–H groups in total. The van der Waals surface area contributed by atoms with E-state index in [9.17, 15) is 9.59 Å². The largest absolute Gasteiger partial charge is 0.463 e. The third-order valence-electron chi connectivity index (χ3n) is 6.39. The second-order valence-corrected chi connectivity index (χ2v) is 8.91. The zero-order chi connectivity index (χ0) is 19.4. The number of hydrogen-bond acceptors (Lipinski definition) is 4. The maximum Gasteiger partial charge on any atom is 0.463 e. The number of nitrogens with one attached hydrogen (secondary N) is 1. The van der Waals surface area contributed by atoms with Crippen LogP contribution in [0.25, 0.3) is 0 Å². The Kier molecular flexibility index (Phi) is 4.35. The van der Waals surface area contributed by atoms with E-state index >= 15 is 0 Å². The van der Waals surface area contributed by atoms with Crippen molar-refractivity contribution < 1.29 is 18.9 Å². The fraction of sp³-hybridized carbons (Fsp3) is 0.600. The van der Waals surface area contributed by atoms with E-state index in [4.69, 9.17) is 9.31 Å². The Morgan fingerprint density at radius 3 is 2.67 bits per heavy atom. The highest BCUT2D eigenvalue weighted by Gasteiger charge is 2.54. The number of rotatable bonds is 3. The van der Waals surface area contributed by atoms with E-state index in [1.165, 1.54) is 0 Å². The van der Waals surface area contributed by atoms with Crippen molar-refractivity contribution in [1.29, 1.82) is 0 Å². The Bertz CT molecular complexity index is 776. The summed E-state index contributed by atoms with van der Waals surface area (Å²) < 4.78 is 12.3. The van der Waals surface area contributed by atoms with E-state index in [2.05, 4.69) is 33.0 Å². The van der Waals surface area contributed by atoms with Crippen molar-refractivity contribution in [2.24, 2.45) is 0 Å². The van der Waals surface area contributed by atoms with Crippen molar-refractivity contribution in [2.45, 2.75) is 64.0 Å². The molecule has 0 radical (unpaired) electrons. The number of likely N-dealkylation sites (tertiary alicyclic amines) is 1. The molecule has 6 nitrogen and oxygen atoms in total. The molecule has 1 unspecified atom stereocenters. The van der Waals surface area contributed by atoms with Gasteiger partial charge in [-0.1, -0.05) is 12.1 Å². The van der Waals surface area contributed by atoms with Crippen LogP contribution in [0.4, 0.5) is 5.69 Å². The molecule has 0 aliphatic carbocycles. The van der Waals surface area contributed by atoms with Gasteiger partial charge in [0, 0.05) is 24.6 Å². The first-order valence-electron chi connectivity index (χ1n) is 9.70. The number of hydrogen-bond donors (Lipinski definition) is 1. The van der Waals surface area contributed by atoms with Crippen LogP contribution in [0.1, 0.15) is 45.2 Å².